The minimum absolute atomic E-state index is 0.151. The number of rotatable bonds is 2. The van der Waals surface area contributed by atoms with Gasteiger partial charge in [-0.15, -0.1) is 0 Å². The number of halogens is 2. The zero-order chi connectivity index (χ0) is 20.3. The van der Waals surface area contributed by atoms with Crippen LogP contribution in [0.3, 0.4) is 0 Å². The van der Waals surface area contributed by atoms with Crippen molar-refractivity contribution in [3.63, 3.8) is 0 Å². The molecule has 3 heterocycles. The maximum atomic E-state index is 12.4. The molecule has 0 radical (unpaired) electrons. The van der Waals surface area contributed by atoms with Gasteiger partial charge in [-0.05, 0) is 46.1 Å². The van der Waals surface area contributed by atoms with Crippen LogP contribution in [0.25, 0.3) is 22.1 Å². The molecule has 10 heteroatoms. The summed E-state index contributed by atoms with van der Waals surface area (Å²) in [6.45, 7) is 2.00. The average molecular weight is 466 g/mol. The second-order valence-corrected chi connectivity index (χ2v) is 7.65. The standard InChI is InChI=1S/C18H14BrClN4O4/c1-8-4-12-10(6-11(8)20)9(5-13(25)28-12)7-24-15-14(21-17(24)19)16(26)23(3)18(27)22(15)2/h4-6H,7H2,1-3H3. The van der Waals surface area contributed by atoms with Crippen LogP contribution in [0.4, 0.5) is 0 Å². The number of aryl methyl sites for hydroxylation is 2. The Morgan fingerprint density at radius 3 is 2.57 bits per heavy atom. The molecule has 0 aliphatic carbocycles. The third-order valence-electron chi connectivity index (χ3n) is 4.73. The third kappa shape index (κ3) is 2.73. The smallest absolute Gasteiger partial charge is 0.336 e. The Morgan fingerprint density at radius 1 is 1.14 bits per heavy atom. The van der Waals surface area contributed by atoms with E-state index < -0.39 is 16.9 Å². The highest BCUT2D eigenvalue weighted by Gasteiger charge is 2.19. The molecule has 0 aliphatic heterocycles. The lowest BCUT2D eigenvalue weighted by Gasteiger charge is -2.12. The van der Waals surface area contributed by atoms with E-state index in [1.54, 1.807) is 23.7 Å². The van der Waals surface area contributed by atoms with E-state index in [4.69, 9.17) is 16.0 Å². The van der Waals surface area contributed by atoms with Crippen molar-refractivity contribution in [3.8, 4) is 0 Å². The Labute approximate surface area is 170 Å². The van der Waals surface area contributed by atoms with Crippen LogP contribution in [-0.4, -0.2) is 18.7 Å². The molecule has 0 aliphatic rings. The first-order chi connectivity index (χ1) is 13.2. The fraction of sp³-hybridized carbons (Fsp3) is 0.222. The first-order valence-corrected chi connectivity index (χ1v) is 9.40. The summed E-state index contributed by atoms with van der Waals surface area (Å²) < 4.78 is 9.66. The average Bonchev–Trinajstić information content (AvgIpc) is 2.96. The van der Waals surface area contributed by atoms with Crippen LogP contribution in [0.1, 0.15) is 11.1 Å². The van der Waals surface area contributed by atoms with Gasteiger partial charge < -0.3 is 4.42 Å². The van der Waals surface area contributed by atoms with Gasteiger partial charge in [0.15, 0.2) is 15.9 Å². The second-order valence-electron chi connectivity index (χ2n) is 6.53. The van der Waals surface area contributed by atoms with Gasteiger partial charge in [-0.2, -0.15) is 0 Å². The molecule has 0 unspecified atom stereocenters. The SMILES string of the molecule is Cc1cc2oc(=O)cc(Cn3c(Br)nc4c(=O)n(C)c(=O)n(C)c43)c2cc1Cl. The van der Waals surface area contributed by atoms with Gasteiger partial charge in [0.05, 0.1) is 6.54 Å². The zero-order valence-electron chi connectivity index (χ0n) is 15.1. The van der Waals surface area contributed by atoms with Gasteiger partial charge in [-0.1, -0.05) is 11.6 Å². The minimum Gasteiger partial charge on any atom is -0.423 e. The van der Waals surface area contributed by atoms with E-state index in [1.807, 2.05) is 6.92 Å². The van der Waals surface area contributed by atoms with Crippen molar-refractivity contribution < 1.29 is 4.42 Å². The molecule has 0 bridgehead atoms. The summed E-state index contributed by atoms with van der Waals surface area (Å²) in [6.07, 6.45) is 0. The minimum atomic E-state index is -0.505. The van der Waals surface area contributed by atoms with E-state index in [-0.39, 0.29) is 12.1 Å². The van der Waals surface area contributed by atoms with Crippen LogP contribution in [0.15, 0.2) is 41.7 Å². The van der Waals surface area contributed by atoms with Gasteiger partial charge in [0.2, 0.25) is 0 Å². The number of hydrogen-bond acceptors (Lipinski definition) is 5. The van der Waals surface area contributed by atoms with Crippen molar-refractivity contribution in [1.29, 1.82) is 0 Å². The molecule has 0 amide bonds. The second kappa shape index (κ2) is 6.46. The summed E-state index contributed by atoms with van der Waals surface area (Å²) >= 11 is 9.61. The molecule has 0 spiro atoms. The highest BCUT2D eigenvalue weighted by Crippen LogP contribution is 2.27. The molecular weight excluding hydrogens is 452 g/mol. The van der Waals surface area contributed by atoms with Crippen LogP contribution in [0, 0.1) is 6.92 Å². The summed E-state index contributed by atoms with van der Waals surface area (Å²) in [7, 11) is 2.96. The van der Waals surface area contributed by atoms with E-state index in [2.05, 4.69) is 20.9 Å². The molecule has 3 aromatic heterocycles. The molecule has 0 atom stereocenters. The van der Waals surface area contributed by atoms with Crippen molar-refractivity contribution in [2.45, 2.75) is 13.5 Å². The number of benzene rings is 1. The molecular formula is C18H14BrClN4O4. The Kier molecular flexibility index (Phi) is 4.31. The Hall–Kier alpha value is -2.65. The molecule has 0 N–H and O–H groups in total. The number of aromatic nitrogens is 4. The third-order valence-corrected chi connectivity index (χ3v) is 5.74. The van der Waals surface area contributed by atoms with Gasteiger partial charge in [0.1, 0.15) is 5.58 Å². The van der Waals surface area contributed by atoms with E-state index >= 15 is 0 Å². The van der Waals surface area contributed by atoms with Gasteiger partial charge in [0, 0.05) is 30.6 Å². The molecule has 4 rings (SSSR count). The van der Waals surface area contributed by atoms with Crippen LogP contribution >= 0.6 is 27.5 Å². The Balaban J connectivity index is 2.03. The molecule has 0 saturated heterocycles. The Morgan fingerprint density at radius 2 is 1.86 bits per heavy atom. The molecule has 28 heavy (non-hydrogen) atoms. The van der Waals surface area contributed by atoms with Gasteiger partial charge in [0.25, 0.3) is 5.56 Å². The van der Waals surface area contributed by atoms with Crippen molar-refractivity contribution >= 4 is 49.7 Å². The van der Waals surface area contributed by atoms with Crippen molar-refractivity contribution in [1.82, 2.24) is 18.7 Å². The van der Waals surface area contributed by atoms with Gasteiger partial charge in [-0.3, -0.25) is 18.5 Å². The summed E-state index contributed by atoms with van der Waals surface area (Å²) in [6, 6.07) is 4.80. The van der Waals surface area contributed by atoms with Crippen LogP contribution in [0.5, 0.6) is 0 Å². The lowest BCUT2D eigenvalue weighted by molar-refractivity contribution is 0.557. The molecule has 0 fully saturated rings. The maximum Gasteiger partial charge on any atom is 0.336 e. The molecule has 4 aromatic rings. The fourth-order valence-electron chi connectivity index (χ4n) is 3.25. The predicted octanol–water partition coefficient (Wildman–Crippen LogP) is 2.31. The summed E-state index contributed by atoms with van der Waals surface area (Å²) in [4.78, 5) is 41.1. The first-order valence-electron chi connectivity index (χ1n) is 8.23. The predicted molar refractivity (Wildman–Crippen MR) is 109 cm³/mol. The molecule has 8 nitrogen and oxygen atoms in total. The van der Waals surface area contributed by atoms with E-state index in [0.29, 0.717) is 31.9 Å². The molecule has 144 valence electrons. The lowest BCUT2D eigenvalue weighted by Crippen LogP contribution is -2.37. The summed E-state index contributed by atoms with van der Waals surface area (Å²) in [5.74, 6) is 0. The summed E-state index contributed by atoms with van der Waals surface area (Å²) in [5, 5.41) is 1.20. The molecule has 0 saturated carbocycles. The normalized spacial score (nSPS) is 11.6. The maximum absolute atomic E-state index is 12.4. The van der Waals surface area contributed by atoms with Gasteiger partial charge >= 0.3 is 11.3 Å². The van der Waals surface area contributed by atoms with Gasteiger partial charge in [-0.25, -0.2) is 14.6 Å². The van der Waals surface area contributed by atoms with E-state index in [1.165, 1.54) is 17.7 Å². The molecule has 1 aromatic carbocycles. The number of imidazole rings is 1. The van der Waals surface area contributed by atoms with Crippen molar-refractivity contribution in [2.75, 3.05) is 0 Å². The highest BCUT2D eigenvalue weighted by molar-refractivity contribution is 9.10. The van der Waals surface area contributed by atoms with Crippen molar-refractivity contribution in [2.24, 2.45) is 14.1 Å². The first kappa shape index (κ1) is 18.7. The van der Waals surface area contributed by atoms with E-state index in [0.717, 1.165) is 10.1 Å². The van der Waals surface area contributed by atoms with Crippen molar-refractivity contribution in [3.05, 3.63) is 70.3 Å². The number of hydrogen-bond donors (Lipinski definition) is 0. The van der Waals surface area contributed by atoms with Crippen LogP contribution < -0.4 is 16.9 Å². The Bertz CT molecular complexity index is 1460. The van der Waals surface area contributed by atoms with Crippen LogP contribution in [-0.2, 0) is 20.6 Å². The largest absolute Gasteiger partial charge is 0.423 e. The topological polar surface area (TPSA) is 92.0 Å². The fourth-order valence-corrected chi connectivity index (χ4v) is 3.89. The highest BCUT2D eigenvalue weighted by atomic mass is 79.9. The summed E-state index contributed by atoms with van der Waals surface area (Å²) in [5.41, 5.74) is 0.855. The number of fused-ring (bicyclic) bond motifs is 2. The number of nitrogens with zero attached hydrogens (tertiary/aromatic N) is 4. The zero-order valence-corrected chi connectivity index (χ0v) is 17.5. The lowest BCUT2D eigenvalue weighted by atomic mass is 10.1. The van der Waals surface area contributed by atoms with Crippen LogP contribution in [0.2, 0.25) is 5.02 Å². The quantitative estimate of drug-likeness (QED) is 0.335. The monoisotopic (exact) mass is 464 g/mol. The van der Waals surface area contributed by atoms with E-state index in [9.17, 15) is 14.4 Å².